The first-order valence-corrected chi connectivity index (χ1v) is 7.99. The minimum atomic E-state index is -1.66. The summed E-state index contributed by atoms with van der Waals surface area (Å²) in [6.45, 7) is 13.8. The van der Waals surface area contributed by atoms with Gasteiger partial charge in [0.05, 0.1) is 6.20 Å². The van der Waals surface area contributed by atoms with Gasteiger partial charge in [-0.2, -0.15) is 0 Å². The Hall–Kier alpha value is 0.226. The Morgan fingerprint density at radius 2 is 1.32 bits per heavy atom. The Morgan fingerprint density at radius 1 is 0.947 bits per heavy atom. The first kappa shape index (κ1) is 27.5. The summed E-state index contributed by atoms with van der Waals surface area (Å²) in [6, 6.07) is 0. The predicted octanol–water partition coefficient (Wildman–Crippen LogP) is 4.89. The molecule has 0 fully saturated rings. The van der Waals surface area contributed by atoms with Crippen LogP contribution in [0.2, 0.25) is 16.6 Å². The molecule has 4 heteroatoms. The van der Waals surface area contributed by atoms with Crippen molar-refractivity contribution in [2.24, 2.45) is 0 Å². The van der Waals surface area contributed by atoms with Crippen molar-refractivity contribution in [2.75, 3.05) is 0 Å². The Labute approximate surface area is 139 Å². The van der Waals surface area contributed by atoms with E-state index in [1.54, 1.807) is 6.20 Å². The Balaban J connectivity index is -0.000000281. The maximum atomic E-state index is 5.51. The molecule has 1 aromatic rings. The second-order valence-electron chi connectivity index (χ2n) is 5.18. The molecule has 0 bridgehead atoms. The summed E-state index contributed by atoms with van der Waals surface area (Å²) < 4.78 is 5.51. The number of oxazole rings is 1. The number of aromatic nitrogens is 1. The predicted molar refractivity (Wildman–Crippen MR) is 92.0 cm³/mol. The summed E-state index contributed by atoms with van der Waals surface area (Å²) >= 11 is 0. The average molecular weight is 391 g/mol. The Morgan fingerprint density at radius 3 is 1.53 bits per heavy atom. The van der Waals surface area contributed by atoms with Crippen molar-refractivity contribution >= 4 is 37.5 Å². The molecule has 0 N–H and O–H groups in total. The van der Waals surface area contributed by atoms with Gasteiger partial charge in [-0.15, -0.1) is 0 Å². The van der Waals surface area contributed by atoms with Crippen molar-refractivity contribution in [3.05, 3.63) is 12.5 Å². The zero-order valence-corrected chi connectivity index (χ0v) is 15.0. The molecule has 0 saturated carbocycles. The molecule has 0 spiro atoms. The number of nitrogens with zero attached hydrogens (tertiary/aromatic N) is 1. The second kappa shape index (κ2) is 10.9. The molecule has 0 aromatic carbocycles. The molecule has 0 unspecified atom stereocenters. The summed E-state index contributed by atoms with van der Waals surface area (Å²) in [5.74, 6) is 0. The third-order valence-electron chi connectivity index (χ3n) is 3.63. The van der Waals surface area contributed by atoms with Crippen LogP contribution in [-0.4, -0.2) is 37.0 Å². The quantitative estimate of drug-likeness (QED) is 0.684. The van der Waals surface area contributed by atoms with Crippen LogP contribution in [0.1, 0.15) is 63.8 Å². The van der Waals surface area contributed by atoms with Gasteiger partial charge in [-0.1, -0.05) is 63.8 Å². The maximum absolute atomic E-state index is 5.51. The van der Waals surface area contributed by atoms with E-state index in [1.165, 1.54) is 0 Å². The van der Waals surface area contributed by atoms with E-state index in [1.807, 2.05) is 0 Å². The maximum Gasteiger partial charge on any atom is 0.191 e. The van der Waals surface area contributed by atoms with Gasteiger partial charge in [0.1, 0.15) is 0 Å². The molecule has 0 atom stereocenters. The van der Waals surface area contributed by atoms with Gasteiger partial charge in [-0.25, -0.2) is 4.98 Å². The summed E-state index contributed by atoms with van der Waals surface area (Å²) in [4.78, 5) is 4.39. The molecule has 0 aliphatic carbocycles. The molecule has 1 aromatic heterocycles. The van der Waals surface area contributed by atoms with E-state index >= 15 is 0 Å². The normalized spacial score (nSPS) is 10.4. The molecule has 113 valence electrons. The Kier molecular flexibility index (Phi) is 15.9. The molecule has 0 saturated heterocycles. The van der Waals surface area contributed by atoms with Gasteiger partial charge in [0, 0.05) is 23.9 Å². The standard InChI is InChI=1S/C12H22NOSi.3CH4.Sn/c1-9(2)15(10(3)4,11(5)6)12-13-7-8-14-12;;;;/h7,9-11H,1-6H3;3*1H4;. The van der Waals surface area contributed by atoms with E-state index in [-0.39, 0.29) is 46.2 Å². The first-order valence-electron chi connectivity index (χ1n) is 5.76. The molecule has 5 radical (unpaired) electrons. The minimum absolute atomic E-state index is 0. The van der Waals surface area contributed by atoms with Gasteiger partial charge in [0.25, 0.3) is 0 Å². The van der Waals surface area contributed by atoms with Crippen molar-refractivity contribution in [2.45, 2.75) is 80.4 Å². The zero-order valence-electron chi connectivity index (χ0n) is 11.2. The van der Waals surface area contributed by atoms with Crippen LogP contribution in [-0.2, 0) is 0 Å². The van der Waals surface area contributed by atoms with Gasteiger partial charge in [-0.3, -0.25) is 0 Å². The summed E-state index contributed by atoms with van der Waals surface area (Å²) in [7, 11) is -1.66. The van der Waals surface area contributed by atoms with E-state index in [4.69, 9.17) is 4.42 Å². The van der Waals surface area contributed by atoms with Crippen LogP contribution in [0, 0.1) is 6.26 Å². The molecule has 0 aliphatic rings. The third kappa shape index (κ3) is 4.92. The fourth-order valence-corrected chi connectivity index (χ4v) is 9.14. The van der Waals surface area contributed by atoms with Crippen molar-refractivity contribution in [3.63, 3.8) is 0 Å². The van der Waals surface area contributed by atoms with E-state index in [0.717, 1.165) is 5.51 Å². The van der Waals surface area contributed by atoms with Gasteiger partial charge >= 0.3 is 0 Å². The van der Waals surface area contributed by atoms with Crippen molar-refractivity contribution in [1.82, 2.24) is 4.98 Å². The molecule has 1 heterocycles. The van der Waals surface area contributed by atoms with Crippen LogP contribution in [0.25, 0.3) is 0 Å². The number of rotatable bonds is 4. The van der Waals surface area contributed by atoms with Crippen molar-refractivity contribution < 1.29 is 4.42 Å². The van der Waals surface area contributed by atoms with Crippen LogP contribution < -0.4 is 5.51 Å². The smallest absolute Gasteiger partial charge is 0.191 e. The van der Waals surface area contributed by atoms with E-state index in [9.17, 15) is 0 Å². The summed E-state index contributed by atoms with van der Waals surface area (Å²) in [5, 5.41) is 0. The summed E-state index contributed by atoms with van der Waals surface area (Å²) in [6.07, 6.45) is 4.41. The largest absolute Gasteiger partial charge is 0.442 e. The molecule has 0 amide bonds. The van der Waals surface area contributed by atoms with Crippen molar-refractivity contribution in [3.8, 4) is 0 Å². The summed E-state index contributed by atoms with van der Waals surface area (Å²) in [5.41, 5.74) is 2.90. The average Bonchev–Trinajstić information content (AvgIpc) is 2.55. The topological polar surface area (TPSA) is 26.0 Å². The zero-order chi connectivity index (χ0) is 11.6. The van der Waals surface area contributed by atoms with Crippen LogP contribution >= 0.6 is 0 Å². The van der Waals surface area contributed by atoms with Gasteiger partial charge < -0.3 is 4.42 Å². The molecule has 0 aliphatic heterocycles. The fourth-order valence-electron chi connectivity index (χ4n) is 3.13. The SMILES string of the molecule is C.C.C.CC(C)[Si](c1nc[c]o1)(C(C)C)C(C)C.[Sn]. The van der Waals surface area contributed by atoms with Crippen LogP contribution in [0.4, 0.5) is 0 Å². The molecular weight excluding hydrogens is 357 g/mol. The van der Waals surface area contributed by atoms with Gasteiger partial charge in [-0.05, 0) is 16.6 Å². The number of hydrogen-bond acceptors (Lipinski definition) is 2. The molecule has 1 rings (SSSR count). The second-order valence-corrected chi connectivity index (χ2v) is 10.9. The first-order chi connectivity index (χ1) is 6.94. The molecular formula is C15H34NOSiSn. The van der Waals surface area contributed by atoms with Gasteiger partial charge in [0.15, 0.2) is 19.9 Å². The number of hydrogen-bond donors (Lipinski definition) is 0. The van der Waals surface area contributed by atoms with E-state index < -0.39 is 8.07 Å². The Bertz CT molecular complexity index is 275. The van der Waals surface area contributed by atoms with Crippen molar-refractivity contribution in [1.29, 1.82) is 0 Å². The van der Waals surface area contributed by atoms with Gasteiger partial charge in [0.2, 0.25) is 0 Å². The minimum Gasteiger partial charge on any atom is -0.442 e. The van der Waals surface area contributed by atoms with E-state index in [0.29, 0.717) is 16.6 Å². The fraction of sp³-hybridized carbons (Fsp3) is 0.800. The molecule has 19 heavy (non-hydrogen) atoms. The van der Waals surface area contributed by atoms with Crippen LogP contribution in [0.3, 0.4) is 0 Å². The van der Waals surface area contributed by atoms with E-state index in [2.05, 4.69) is 52.8 Å². The third-order valence-corrected chi connectivity index (χ3v) is 10.3. The monoisotopic (exact) mass is 392 g/mol. The van der Waals surface area contributed by atoms with Crippen LogP contribution in [0.15, 0.2) is 10.6 Å². The molecule has 2 nitrogen and oxygen atoms in total. The van der Waals surface area contributed by atoms with Crippen LogP contribution in [0.5, 0.6) is 0 Å².